The average molecular weight is 657 g/mol. The van der Waals surface area contributed by atoms with Crippen molar-refractivity contribution in [3.63, 3.8) is 0 Å². The van der Waals surface area contributed by atoms with Crippen LogP contribution in [-0.2, 0) is 33.8 Å². The number of anilines is 2. The third kappa shape index (κ3) is 9.97. The van der Waals surface area contributed by atoms with Gasteiger partial charge in [-0.25, -0.2) is 4.79 Å². The number of phenolic OH excluding ortho intramolecular Hbond substituents is 1. The maximum Gasteiger partial charge on any atom is 0.410 e. The highest BCUT2D eigenvalue weighted by Crippen LogP contribution is 2.39. The van der Waals surface area contributed by atoms with Gasteiger partial charge in [0.05, 0.1) is 0 Å². The van der Waals surface area contributed by atoms with Crippen LogP contribution in [0, 0.1) is 0 Å². The Morgan fingerprint density at radius 2 is 1.73 bits per heavy atom. The molecule has 3 aromatic carbocycles. The summed E-state index contributed by atoms with van der Waals surface area (Å²) < 4.78 is 11.2. The number of phenols is 1. The van der Waals surface area contributed by atoms with E-state index in [1.165, 1.54) is 44.2 Å². The number of hydrogen-bond acceptors (Lipinski definition) is 8. The number of aldehydes is 1. The summed E-state index contributed by atoms with van der Waals surface area (Å²) in [5.74, 6) is 0.280. The number of amides is 2. The maximum absolute atomic E-state index is 13.0. The van der Waals surface area contributed by atoms with E-state index in [4.69, 9.17) is 9.47 Å². The van der Waals surface area contributed by atoms with Crippen molar-refractivity contribution in [2.24, 2.45) is 0 Å². The van der Waals surface area contributed by atoms with Gasteiger partial charge in [-0.05, 0) is 67.1 Å². The monoisotopic (exact) mass is 656 g/mol. The number of nitrogens with zero attached hydrogens (tertiary/aromatic N) is 2. The molecule has 0 unspecified atom stereocenters. The van der Waals surface area contributed by atoms with E-state index in [0.717, 1.165) is 42.6 Å². The molecule has 1 aliphatic heterocycles. The molecule has 1 heterocycles. The number of benzene rings is 3. The SMILES string of the molecule is O=CCCN(CCc1cccc(N(CCNCCc2ccc(O)c3c2OCC(=O)N3)C2CCCCCC2)c1)C(=O)OCc1ccccc1. The minimum atomic E-state index is -0.410. The molecule has 10 heteroatoms. The van der Waals surface area contributed by atoms with Crippen LogP contribution in [0.4, 0.5) is 16.2 Å². The van der Waals surface area contributed by atoms with Crippen LogP contribution in [0.5, 0.6) is 11.5 Å². The number of hydrogen-bond donors (Lipinski definition) is 3. The van der Waals surface area contributed by atoms with Gasteiger partial charge in [-0.15, -0.1) is 0 Å². The van der Waals surface area contributed by atoms with Crippen molar-refractivity contribution >= 4 is 29.7 Å². The number of carbonyl (C=O) groups is 3. The fourth-order valence-corrected chi connectivity index (χ4v) is 6.52. The van der Waals surface area contributed by atoms with Crippen molar-refractivity contribution in [3.05, 3.63) is 83.4 Å². The summed E-state index contributed by atoms with van der Waals surface area (Å²) in [7, 11) is 0. The third-order valence-electron chi connectivity index (χ3n) is 9.09. The lowest BCUT2D eigenvalue weighted by Gasteiger charge is -2.34. The number of aromatic hydroxyl groups is 1. The Balaban J connectivity index is 1.19. The topological polar surface area (TPSA) is 120 Å². The van der Waals surface area contributed by atoms with Crippen LogP contribution in [0.15, 0.2) is 66.7 Å². The molecule has 10 nitrogen and oxygen atoms in total. The van der Waals surface area contributed by atoms with Crippen molar-refractivity contribution in [2.75, 3.05) is 49.5 Å². The summed E-state index contributed by atoms with van der Waals surface area (Å²) >= 11 is 0. The molecule has 0 saturated heterocycles. The summed E-state index contributed by atoms with van der Waals surface area (Å²) in [4.78, 5) is 40.0. The standard InChI is InChI=1S/C38H48N4O6/c43-25-9-22-41(38(46)48-27-30-10-4-3-5-11-30)23-19-29-12-8-15-33(26-29)42(32-13-6-1-2-7-14-32)24-21-39-20-18-31-16-17-34(44)36-37(31)47-28-35(45)40-36/h3-5,8,10-12,15-17,25-26,32,39,44H,1-2,6-7,9,13-14,18-24,27-28H2,(H,40,45). The number of nitrogens with one attached hydrogen (secondary N) is 2. The van der Waals surface area contributed by atoms with Crippen LogP contribution in [0.1, 0.15) is 61.6 Å². The number of carbonyl (C=O) groups excluding carboxylic acids is 3. The van der Waals surface area contributed by atoms with E-state index < -0.39 is 6.09 Å². The Morgan fingerprint density at radius 1 is 0.938 bits per heavy atom. The highest BCUT2D eigenvalue weighted by atomic mass is 16.6. The normalized spacial score (nSPS) is 14.6. The molecule has 2 aliphatic rings. The van der Waals surface area contributed by atoms with Crippen LogP contribution in [0.3, 0.4) is 0 Å². The second-order valence-corrected chi connectivity index (χ2v) is 12.5. The lowest BCUT2D eigenvalue weighted by atomic mass is 10.0. The van der Waals surface area contributed by atoms with Crippen molar-refractivity contribution in [1.29, 1.82) is 0 Å². The molecular weight excluding hydrogens is 608 g/mol. The van der Waals surface area contributed by atoms with Crippen LogP contribution in [-0.4, -0.2) is 73.7 Å². The van der Waals surface area contributed by atoms with Gasteiger partial charge in [0.15, 0.2) is 12.4 Å². The number of ether oxygens (including phenoxy) is 2. The quantitative estimate of drug-likeness (QED) is 0.0760. The number of rotatable bonds is 16. The summed E-state index contributed by atoms with van der Waals surface area (Å²) in [6.07, 6.45) is 9.39. The van der Waals surface area contributed by atoms with Crippen molar-refractivity contribution in [1.82, 2.24) is 10.2 Å². The zero-order valence-electron chi connectivity index (χ0n) is 27.7. The minimum absolute atomic E-state index is 0.00712. The predicted octanol–water partition coefficient (Wildman–Crippen LogP) is 5.85. The molecule has 256 valence electrons. The Hall–Kier alpha value is -4.57. The molecular formula is C38H48N4O6. The minimum Gasteiger partial charge on any atom is -0.506 e. The molecule has 3 aromatic rings. The van der Waals surface area contributed by atoms with Crippen LogP contribution < -0.4 is 20.3 Å². The van der Waals surface area contributed by atoms with Gasteiger partial charge in [0.25, 0.3) is 5.91 Å². The highest BCUT2D eigenvalue weighted by molar-refractivity contribution is 5.97. The lowest BCUT2D eigenvalue weighted by molar-refractivity contribution is -0.118. The van der Waals surface area contributed by atoms with Gasteiger partial charge in [0, 0.05) is 44.3 Å². The third-order valence-corrected chi connectivity index (χ3v) is 9.09. The van der Waals surface area contributed by atoms with Crippen molar-refractivity contribution in [3.8, 4) is 11.5 Å². The summed E-state index contributed by atoms with van der Waals surface area (Å²) in [6.45, 7) is 3.30. The van der Waals surface area contributed by atoms with Crippen LogP contribution in [0.25, 0.3) is 0 Å². The molecule has 1 aliphatic carbocycles. The Labute approximate surface area is 283 Å². The van der Waals surface area contributed by atoms with E-state index in [-0.39, 0.29) is 31.3 Å². The summed E-state index contributed by atoms with van der Waals surface area (Å²) in [6, 6.07) is 22.1. The molecule has 3 N–H and O–H groups in total. The zero-order valence-corrected chi connectivity index (χ0v) is 27.7. The largest absolute Gasteiger partial charge is 0.506 e. The fourth-order valence-electron chi connectivity index (χ4n) is 6.52. The van der Waals surface area contributed by atoms with E-state index in [1.807, 2.05) is 36.4 Å². The molecule has 2 amide bonds. The molecule has 0 atom stereocenters. The summed E-state index contributed by atoms with van der Waals surface area (Å²) in [5, 5.41) is 16.5. The van der Waals surface area contributed by atoms with Crippen LogP contribution >= 0.6 is 0 Å². The van der Waals surface area contributed by atoms with Gasteiger partial charge in [-0.1, -0.05) is 74.2 Å². The van der Waals surface area contributed by atoms with Gasteiger partial charge in [0.1, 0.15) is 24.3 Å². The molecule has 0 aromatic heterocycles. The van der Waals surface area contributed by atoms with E-state index >= 15 is 0 Å². The zero-order chi connectivity index (χ0) is 33.6. The first-order valence-electron chi connectivity index (χ1n) is 17.2. The number of fused-ring (bicyclic) bond motifs is 1. The molecule has 0 bridgehead atoms. The van der Waals surface area contributed by atoms with Crippen molar-refractivity contribution in [2.45, 2.75) is 70.4 Å². The van der Waals surface area contributed by atoms with Gasteiger partial charge in [0.2, 0.25) is 0 Å². The first-order chi connectivity index (χ1) is 23.5. The second-order valence-electron chi connectivity index (χ2n) is 12.5. The van der Waals surface area contributed by atoms with Gasteiger partial charge >= 0.3 is 6.09 Å². The maximum atomic E-state index is 13.0. The molecule has 48 heavy (non-hydrogen) atoms. The summed E-state index contributed by atoms with van der Waals surface area (Å²) in [5.41, 5.74) is 4.53. The molecule has 1 saturated carbocycles. The van der Waals surface area contributed by atoms with E-state index in [2.05, 4.69) is 39.8 Å². The predicted molar refractivity (Wildman–Crippen MR) is 187 cm³/mol. The Morgan fingerprint density at radius 3 is 2.52 bits per heavy atom. The first-order valence-corrected chi connectivity index (χ1v) is 17.2. The molecule has 5 rings (SSSR count). The van der Waals surface area contributed by atoms with Gasteiger partial charge in [-0.3, -0.25) is 4.79 Å². The second kappa shape index (κ2) is 18.1. The smallest absolute Gasteiger partial charge is 0.410 e. The van der Waals surface area contributed by atoms with Gasteiger partial charge in [-0.2, -0.15) is 0 Å². The van der Waals surface area contributed by atoms with E-state index in [1.54, 1.807) is 11.0 Å². The molecule has 0 spiro atoms. The molecule has 1 fully saturated rings. The average Bonchev–Trinajstić information content (AvgIpc) is 3.40. The van der Waals surface area contributed by atoms with Crippen LogP contribution in [0.2, 0.25) is 0 Å². The lowest BCUT2D eigenvalue weighted by Crippen LogP contribution is -2.40. The molecule has 0 radical (unpaired) electrons. The Kier molecular flexibility index (Phi) is 13.1. The first kappa shape index (κ1) is 34.8. The highest BCUT2D eigenvalue weighted by Gasteiger charge is 2.23. The Bertz CT molecular complexity index is 1490. The van der Waals surface area contributed by atoms with Gasteiger partial charge < -0.3 is 39.8 Å². The van der Waals surface area contributed by atoms with Crippen molar-refractivity contribution < 1.29 is 29.0 Å². The van der Waals surface area contributed by atoms with E-state index in [0.29, 0.717) is 43.4 Å². The fraction of sp³-hybridized carbons (Fsp3) is 0.447. The van der Waals surface area contributed by atoms with E-state index in [9.17, 15) is 19.5 Å².